The number of nitrogens with one attached hydrogen (secondary N) is 2. The van der Waals surface area contributed by atoms with Gasteiger partial charge in [-0.25, -0.2) is 17.6 Å². The van der Waals surface area contributed by atoms with Crippen molar-refractivity contribution >= 4 is 23.0 Å². The fourth-order valence-corrected chi connectivity index (χ4v) is 2.19. The predicted molar refractivity (Wildman–Crippen MR) is 88.2 cm³/mol. The van der Waals surface area contributed by atoms with Gasteiger partial charge < -0.3 is 10.6 Å². The van der Waals surface area contributed by atoms with Crippen LogP contribution in [0.4, 0.5) is 34.6 Å². The topological polar surface area (TPSA) is 54.0 Å². The maximum absolute atomic E-state index is 13.7. The Balaban J connectivity index is 1.84. The lowest BCUT2D eigenvalue weighted by Gasteiger charge is -2.10. The number of benzene rings is 2. The SMILES string of the molecule is O=C(Nc1c(F)cccc1F)c1cc(Nc2c(F)cccc2F)ccn1. The van der Waals surface area contributed by atoms with Crippen molar-refractivity contribution in [2.45, 2.75) is 0 Å². The fourth-order valence-electron chi connectivity index (χ4n) is 2.19. The molecule has 2 N–H and O–H groups in total. The third-order valence-electron chi connectivity index (χ3n) is 3.43. The molecule has 0 aliphatic rings. The summed E-state index contributed by atoms with van der Waals surface area (Å²) in [6, 6.07) is 9.07. The van der Waals surface area contributed by atoms with Gasteiger partial charge in [-0.2, -0.15) is 0 Å². The number of carbonyl (C=O) groups excluding carboxylic acids is 1. The van der Waals surface area contributed by atoms with E-state index in [1.54, 1.807) is 0 Å². The Morgan fingerprint density at radius 1 is 0.808 bits per heavy atom. The summed E-state index contributed by atoms with van der Waals surface area (Å²) in [5.74, 6) is -4.41. The molecule has 8 heteroatoms. The van der Waals surface area contributed by atoms with Crippen molar-refractivity contribution in [3.05, 3.63) is 83.7 Å². The summed E-state index contributed by atoms with van der Waals surface area (Å²) < 4.78 is 54.6. The maximum atomic E-state index is 13.7. The minimum atomic E-state index is -0.943. The van der Waals surface area contributed by atoms with Gasteiger partial charge in [-0.1, -0.05) is 12.1 Å². The lowest BCUT2D eigenvalue weighted by molar-refractivity contribution is 0.102. The summed E-state index contributed by atoms with van der Waals surface area (Å²) in [6.07, 6.45) is 1.22. The Hall–Kier alpha value is -3.42. The van der Waals surface area contributed by atoms with Crippen LogP contribution in [0.15, 0.2) is 54.7 Å². The number of carbonyl (C=O) groups is 1. The average molecular weight is 361 g/mol. The third kappa shape index (κ3) is 3.64. The number of anilines is 3. The van der Waals surface area contributed by atoms with Crippen molar-refractivity contribution in [3.8, 4) is 0 Å². The second kappa shape index (κ2) is 7.22. The molecule has 3 aromatic rings. The first-order valence-corrected chi connectivity index (χ1v) is 7.38. The van der Waals surface area contributed by atoms with Crippen LogP contribution in [0.5, 0.6) is 0 Å². The van der Waals surface area contributed by atoms with Crippen LogP contribution < -0.4 is 10.6 Å². The van der Waals surface area contributed by atoms with Gasteiger partial charge in [0.25, 0.3) is 5.91 Å². The summed E-state index contributed by atoms with van der Waals surface area (Å²) in [7, 11) is 0. The van der Waals surface area contributed by atoms with E-state index in [0.717, 1.165) is 30.3 Å². The number of amides is 1. The number of para-hydroxylation sites is 2. The quantitative estimate of drug-likeness (QED) is 0.666. The van der Waals surface area contributed by atoms with Crippen LogP contribution in [0, 0.1) is 23.3 Å². The molecule has 1 aromatic heterocycles. The van der Waals surface area contributed by atoms with Gasteiger partial charge in [0.1, 0.15) is 40.3 Å². The molecule has 1 amide bonds. The summed E-state index contributed by atoms with van der Waals surface area (Å²) in [6.45, 7) is 0. The van der Waals surface area contributed by atoms with Crippen molar-refractivity contribution < 1.29 is 22.4 Å². The molecule has 132 valence electrons. The van der Waals surface area contributed by atoms with Crippen LogP contribution in [-0.4, -0.2) is 10.9 Å². The Kier molecular flexibility index (Phi) is 4.83. The Morgan fingerprint density at radius 3 is 1.92 bits per heavy atom. The van der Waals surface area contributed by atoms with Gasteiger partial charge >= 0.3 is 0 Å². The molecule has 0 saturated heterocycles. The molecule has 3 rings (SSSR count). The number of rotatable bonds is 4. The van der Waals surface area contributed by atoms with E-state index in [0.29, 0.717) is 0 Å². The van der Waals surface area contributed by atoms with Gasteiger partial charge in [-0.05, 0) is 36.4 Å². The number of hydrogen-bond donors (Lipinski definition) is 2. The largest absolute Gasteiger partial charge is 0.351 e. The van der Waals surface area contributed by atoms with Crippen LogP contribution in [-0.2, 0) is 0 Å². The third-order valence-corrected chi connectivity index (χ3v) is 3.43. The van der Waals surface area contributed by atoms with Crippen molar-refractivity contribution in [1.82, 2.24) is 4.98 Å². The lowest BCUT2D eigenvalue weighted by Crippen LogP contribution is -2.16. The molecule has 0 fully saturated rings. The van der Waals surface area contributed by atoms with Crippen LogP contribution in [0.3, 0.4) is 0 Å². The molecule has 26 heavy (non-hydrogen) atoms. The van der Waals surface area contributed by atoms with Crippen molar-refractivity contribution in [3.63, 3.8) is 0 Å². The Labute approximate surface area is 145 Å². The van der Waals surface area contributed by atoms with E-state index < -0.39 is 40.6 Å². The standard InChI is InChI=1S/C18H11F4N3O/c19-11-3-1-4-12(20)16(11)24-10-7-8-23-15(9-10)18(26)25-17-13(21)5-2-6-14(17)22/h1-9H,(H,23,24)(H,25,26). The highest BCUT2D eigenvalue weighted by atomic mass is 19.1. The van der Waals surface area contributed by atoms with Gasteiger partial charge in [0.2, 0.25) is 0 Å². The molecular weight excluding hydrogens is 350 g/mol. The smallest absolute Gasteiger partial charge is 0.274 e. The molecule has 2 aromatic carbocycles. The maximum Gasteiger partial charge on any atom is 0.274 e. The number of hydrogen-bond acceptors (Lipinski definition) is 3. The van der Waals surface area contributed by atoms with E-state index >= 15 is 0 Å². The van der Waals surface area contributed by atoms with Gasteiger partial charge in [0.15, 0.2) is 0 Å². The molecule has 0 aliphatic carbocycles. The average Bonchev–Trinajstić information content (AvgIpc) is 2.62. The molecular formula is C18H11F4N3O. The zero-order valence-electron chi connectivity index (χ0n) is 13.1. The van der Waals surface area contributed by atoms with E-state index in [9.17, 15) is 22.4 Å². The Bertz CT molecular complexity index is 938. The van der Waals surface area contributed by atoms with Crippen molar-refractivity contribution in [2.24, 2.45) is 0 Å². The molecule has 0 spiro atoms. The van der Waals surface area contributed by atoms with Crippen molar-refractivity contribution in [1.29, 1.82) is 0 Å². The Morgan fingerprint density at radius 2 is 1.35 bits per heavy atom. The number of halogens is 4. The molecule has 0 aliphatic heterocycles. The summed E-state index contributed by atoms with van der Waals surface area (Å²) >= 11 is 0. The van der Waals surface area contributed by atoms with E-state index in [-0.39, 0.29) is 11.4 Å². The monoisotopic (exact) mass is 361 g/mol. The van der Waals surface area contributed by atoms with E-state index in [4.69, 9.17) is 0 Å². The summed E-state index contributed by atoms with van der Waals surface area (Å²) in [5, 5.41) is 4.59. The number of nitrogens with zero attached hydrogens (tertiary/aromatic N) is 1. The molecule has 0 saturated carbocycles. The van der Waals surface area contributed by atoms with E-state index in [1.165, 1.54) is 24.4 Å². The van der Waals surface area contributed by atoms with Gasteiger partial charge in [0, 0.05) is 11.9 Å². The first kappa shape index (κ1) is 17.4. The van der Waals surface area contributed by atoms with E-state index in [2.05, 4.69) is 15.6 Å². The predicted octanol–water partition coefficient (Wildman–Crippen LogP) is 4.63. The zero-order valence-corrected chi connectivity index (χ0v) is 13.1. The molecule has 0 atom stereocenters. The van der Waals surface area contributed by atoms with Crippen LogP contribution in [0.1, 0.15) is 10.5 Å². The van der Waals surface area contributed by atoms with Crippen molar-refractivity contribution in [2.75, 3.05) is 10.6 Å². The number of aromatic nitrogens is 1. The van der Waals surface area contributed by atoms with E-state index in [1.807, 2.05) is 0 Å². The van der Waals surface area contributed by atoms with Crippen LogP contribution in [0.2, 0.25) is 0 Å². The van der Waals surface area contributed by atoms with Crippen LogP contribution in [0.25, 0.3) is 0 Å². The van der Waals surface area contributed by atoms with Crippen LogP contribution >= 0.6 is 0 Å². The summed E-state index contributed by atoms with van der Waals surface area (Å²) in [5.41, 5.74) is -1.04. The number of pyridine rings is 1. The highest BCUT2D eigenvalue weighted by molar-refractivity contribution is 6.03. The highest BCUT2D eigenvalue weighted by Gasteiger charge is 2.15. The second-order valence-corrected chi connectivity index (χ2v) is 5.20. The first-order chi connectivity index (χ1) is 12.5. The first-order valence-electron chi connectivity index (χ1n) is 7.38. The highest BCUT2D eigenvalue weighted by Crippen LogP contribution is 2.24. The molecule has 0 bridgehead atoms. The molecule has 0 unspecified atom stereocenters. The normalized spacial score (nSPS) is 10.5. The summed E-state index contributed by atoms with van der Waals surface area (Å²) in [4.78, 5) is 16.0. The fraction of sp³-hybridized carbons (Fsp3) is 0. The van der Waals surface area contributed by atoms with Gasteiger partial charge in [0.05, 0.1) is 0 Å². The molecule has 4 nitrogen and oxygen atoms in total. The van der Waals surface area contributed by atoms with Gasteiger partial charge in [-0.3, -0.25) is 9.78 Å². The molecule has 1 heterocycles. The lowest BCUT2D eigenvalue weighted by atomic mass is 10.2. The molecule has 0 radical (unpaired) electrons. The zero-order chi connectivity index (χ0) is 18.7. The minimum Gasteiger partial charge on any atom is -0.351 e. The minimum absolute atomic E-state index is 0.170. The second-order valence-electron chi connectivity index (χ2n) is 5.20. The van der Waals surface area contributed by atoms with Gasteiger partial charge in [-0.15, -0.1) is 0 Å².